The number of amides is 2. The fourth-order valence-corrected chi connectivity index (χ4v) is 0.967. The van der Waals surface area contributed by atoms with E-state index in [1.807, 2.05) is 32.9 Å². The first-order chi connectivity index (χ1) is 7.08. The number of nitrogens with one attached hydrogen (secondary N) is 2. The Hall–Kier alpha value is -1.84. The second-order valence-corrected chi connectivity index (χ2v) is 3.54. The number of pyridine rings is 1. The predicted octanol–water partition coefficient (Wildman–Crippen LogP) is 2.44. The molecule has 0 aliphatic heterocycles. The van der Waals surface area contributed by atoms with E-state index < -0.39 is 0 Å². The lowest BCUT2D eigenvalue weighted by Crippen LogP contribution is -2.24. The van der Waals surface area contributed by atoms with Crippen LogP contribution in [0.3, 0.4) is 0 Å². The van der Waals surface area contributed by atoms with Crippen LogP contribution in [0.1, 0.15) is 19.4 Å². The van der Waals surface area contributed by atoms with Crippen LogP contribution in [0.15, 0.2) is 30.1 Å². The van der Waals surface area contributed by atoms with Gasteiger partial charge in [-0.05, 0) is 38.5 Å². The lowest BCUT2D eigenvalue weighted by molar-refractivity contribution is 0.255. The maximum absolute atomic E-state index is 11.3. The van der Waals surface area contributed by atoms with E-state index in [-0.39, 0.29) is 6.03 Å². The van der Waals surface area contributed by atoms with Gasteiger partial charge in [0.05, 0.1) is 0 Å². The van der Waals surface area contributed by atoms with Gasteiger partial charge in [0.15, 0.2) is 0 Å². The quantitative estimate of drug-likeness (QED) is 0.779. The van der Waals surface area contributed by atoms with Crippen molar-refractivity contribution >= 4 is 11.8 Å². The largest absolute Gasteiger partial charge is 0.324 e. The Morgan fingerprint density at radius 2 is 2.20 bits per heavy atom. The van der Waals surface area contributed by atoms with Gasteiger partial charge in [-0.15, -0.1) is 0 Å². The molecule has 80 valence electrons. The predicted molar refractivity (Wildman–Crippen MR) is 60.6 cm³/mol. The molecule has 0 saturated heterocycles. The molecule has 2 amide bonds. The summed E-state index contributed by atoms with van der Waals surface area (Å²) >= 11 is 0. The van der Waals surface area contributed by atoms with Gasteiger partial charge in [0.25, 0.3) is 0 Å². The molecule has 0 aromatic carbocycles. The lowest BCUT2D eigenvalue weighted by Gasteiger charge is -2.04. The highest BCUT2D eigenvalue weighted by molar-refractivity contribution is 5.88. The number of nitrogens with zero attached hydrogens (tertiary/aromatic N) is 1. The molecule has 4 nitrogen and oxygen atoms in total. The fraction of sp³-hybridized carbons (Fsp3) is 0.273. The summed E-state index contributed by atoms with van der Waals surface area (Å²) in [5.41, 5.74) is 2.09. The lowest BCUT2D eigenvalue weighted by atomic mass is 10.3. The van der Waals surface area contributed by atoms with Crippen LogP contribution in [0.5, 0.6) is 0 Å². The van der Waals surface area contributed by atoms with Crippen LogP contribution in [0.4, 0.5) is 10.6 Å². The van der Waals surface area contributed by atoms with E-state index in [1.165, 1.54) is 0 Å². The summed E-state index contributed by atoms with van der Waals surface area (Å²) in [6.07, 6.45) is 3.30. The summed E-state index contributed by atoms with van der Waals surface area (Å²) in [4.78, 5) is 15.3. The minimum atomic E-state index is -0.283. The molecule has 4 heteroatoms. The van der Waals surface area contributed by atoms with Gasteiger partial charge < -0.3 is 5.32 Å². The van der Waals surface area contributed by atoms with Gasteiger partial charge >= 0.3 is 6.03 Å². The zero-order valence-corrected chi connectivity index (χ0v) is 9.16. The molecule has 0 atom stereocenters. The van der Waals surface area contributed by atoms with Crippen LogP contribution >= 0.6 is 0 Å². The number of aryl methyl sites for hydroxylation is 1. The van der Waals surface area contributed by atoms with Crippen LogP contribution in [0.25, 0.3) is 0 Å². The summed E-state index contributed by atoms with van der Waals surface area (Å²) in [6.45, 7) is 5.76. The van der Waals surface area contributed by atoms with E-state index in [2.05, 4.69) is 15.6 Å². The molecule has 15 heavy (non-hydrogen) atoms. The highest BCUT2D eigenvalue weighted by Gasteiger charge is 1.99. The van der Waals surface area contributed by atoms with Gasteiger partial charge in [-0.1, -0.05) is 5.57 Å². The first-order valence-electron chi connectivity index (χ1n) is 4.71. The Balaban J connectivity index is 2.55. The van der Waals surface area contributed by atoms with Gasteiger partial charge in [0, 0.05) is 12.4 Å². The SMILES string of the molecule is CC(C)=CNC(=O)Nc1cc(C)ccn1. The molecule has 0 aliphatic carbocycles. The van der Waals surface area contributed by atoms with Crippen molar-refractivity contribution in [3.05, 3.63) is 35.7 Å². The summed E-state index contributed by atoms with van der Waals surface area (Å²) < 4.78 is 0. The third-order valence-corrected chi connectivity index (χ3v) is 1.65. The Morgan fingerprint density at radius 1 is 1.47 bits per heavy atom. The molecular weight excluding hydrogens is 190 g/mol. The average Bonchev–Trinajstić information content (AvgIpc) is 2.15. The summed E-state index contributed by atoms with van der Waals surface area (Å²) in [6, 6.07) is 3.40. The number of carbonyl (C=O) groups excluding carboxylic acids is 1. The third kappa shape index (κ3) is 4.26. The van der Waals surface area contributed by atoms with Crippen molar-refractivity contribution in [2.45, 2.75) is 20.8 Å². The molecule has 1 aromatic heterocycles. The van der Waals surface area contributed by atoms with E-state index in [9.17, 15) is 4.79 Å². The second-order valence-electron chi connectivity index (χ2n) is 3.54. The van der Waals surface area contributed by atoms with Crippen LogP contribution in [0.2, 0.25) is 0 Å². The van der Waals surface area contributed by atoms with Crippen molar-refractivity contribution in [3.8, 4) is 0 Å². The van der Waals surface area contributed by atoms with Crippen molar-refractivity contribution in [1.82, 2.24) is 10.3 Å². The number of rotatable bonds is 2. The molecule has 0 spiro atoms. The van der Waals surface area contributed by atoms with Gasteiger partial charge in [0.2, 0.25) is 0 Å². The van der Waals surface area contributed by atoms with Crippen molar-refractivity contribution in [2.24, 2.45) is 0 Å². The van der Waals surface area contributed by atoms with Gasteiger partial charge in [-0.3, -0.25) is 5.32 Å². The minimum Gasteiger partial charge on any atom is -0.314 e. The molecule has 1 rings (SSSR count). The van der Waals surface area contributed by atoms with Crippen LogP contribution in [0, 0.1) is 6.92 Å². The zero-order chi connectivity index (χ0) is 11.3. The average molecular weight is 205 g/mol. The first-order valence-corrected chi connectivity index (χ1v) is 4.71. The Morgan fingerprint density at radius 3 is 2.80 bits per heavy atom. The molecule has 1 heterocycles. The fourth-order valence-electron chi connectivity index (χ4n) is 0.967. The standard InChI is InChI=1S/C11H15N3O/c1-8(2)7-13-11(15)14-10-6-9(3)4-5-12-10/h4-7H,1-3H3,(H2,12,13,14,15). The highest BCUT2D eigenvalue weighted by atomic mass is 16.2. The Labute approximate surface area is 89.4 Å². The van der Waals surface area contributed by atoms with Crippen molar-refractivity contribution in [3.63, 3.8) is 0 Å². The molecule has 0 unspecified atom stereocenters. The first kappa shape index (κ1) is 11.2. The van der Waals surface area contributed by atoms with E-state index in [0.717, 1.165) is 11.1 Å². The topological polar surface area (TPSA) is 54.0 Å². The normalized spacial score (nSPS) is 9.27. The number of urea groups is 1. The zero-order valence-electron chi connectivity index (χ0n) is 9.16. The number of carbonyl (C=O) groups is 1. The molecule has 1 aromatic rings. The maximum Gasteiger partial charge on any atom is 0.324 e. The van der Waals surface area contributed by atoms with Gasteiger partial charge in [0.1, 0.15) is 5.82 Å². The molecule has 0 fully saturated rings. The number of hydrogen-bond donors (Lipinski definition) is 2. The highest BCUT2D eigenvalue weighted by Crippen LogP contribution is 2.04. The third-order valence-electron chi connectivity index (χ3n) is 1.65. The summed E-state index contributed by atoms with van der Waals surface area (Å²) in [5, 5.41) is 5.23. The minimum absolute atomic E-state index is 0.283. The molecule has 0 saturated carbocycles. The smallest absolute Gasteiger partial charge is 0.314 e. The van der Waals surface area contributed by atoms with Gasteiger partial charge in [-0.2, -0.15) is 0 Å². The van der Waals surface area contributed by atoms with Crippen molar-refractivity contribution in [2.75, 3.05) is 5.32 Å². The molecule has 0 bridgehead atoms. The van der Waals surface area contributed by atoms with E-state index in [4.69, 9.17) is 0 Å². The molecule has 2 N–H and O–H groups in total. The maximum atomic E-state index is 11.3. The van der Waals surface area contributed by atoms with E-state index in [0.29, 0.717) is 5.82 Å². The molecule has 0 radical (unpaired) electrons. The van der Waals surface area contributed by atoms with Crippen LogP contribution in [-0.2, 0) is 0 Å². The number of anilines is 1. The van der Waals surface area contributed by atoms with Crippen molar-refractivity contribution < 1.29 is 4.79 Å². The number of aromatic nitrogens is 1. The Bertz CT molecular complexity index is 381. The number of hydrogen-bond acceptors (Lipinski definition) is 2. The molecule has 0 aliphatic rings. The van der Waals surface area contributed by atoms with Crippen molar-refractivity contribution in [1.29, 1.82) is 0 Å². The van der Waals surface area contributed by atoms with E-state index >= 15 is 0 Å². The second kappa shape index (κ2) is 5.14. The van der Waals surface area contributed by atoms with Crippen LogP contribution in [-0.4, -0.2) is 11.0 Å². The summed E-state index contributed by atoms with van der Waals surface area (Å²) in [7, 11) is 0. The van der Waals surface area contributed by atoms with E-state index in [1.54, 1.807) is 12.4 Å². The van der Waals surface area contributed by atoms with Gasteiger partial charge in [-0.25, -0.2) is 9.78 Å². The molecular formula is C11H15N3O. The Kier molecular flexibility index (Phi) is 3.85. The summed E-state index contributed by atoms with van der Waals surface area (Å²) in [5.74, 6) is 0.551. The van der Waals surface area contributed by atoms with Crippen LogP contribution < -0.4 is 10.6 Å². The monoisotopic (exact) mass is 205 g/mol. The number of allylic oxidation sites excluding steroid dienone is 1.